The highest BCUT2D eigenvalue weighted by atomic mass is 32.2. The van der Waals surface area contributed by atoms with Crippen LogP contribution in [-0.2, 0) is 0 Å². The number of aliphatic hydroxyl groups excluding tert-OH is 1. The quantitative estimate of drug-likeness (QED) is 0.548. The van der Waals surface area contributed by atoms with Gasteiger partial charge in [-0.15, -0.1) is 0 Å². The molecule has 0 bridgehead atoms. The van der Waals surface area contributed by atoms with Gasteiger partial charge in [0.25, 0.3) is 0 Å². The van der Waals surface area contributed by atoms with E-state index in [9.17, 15) is 0 Å². The molecular weight excluding hydrogens is 158 g/mol. The minimum absolute atomic E-state index is 0.313. The molecule has 0 unspecified atom stereocenters. The van der Waals surface area contributed by atoms with Crippen molar-refractivity contribution in [3.63, 3.8) is 0 Å². The largest absolute Gasteiger partial charge is 0.396 e. The second kappa shape index (κ2) is 10.3. The van der Waals surface area contributed by atoms with Crippen LogP contribution in [0.2, 0.25) is 0 Å². The molecule has 3 heteroatoms. The molecular formula is C8H19NOS. The Kier molecular flexibility index (Phi) is 10.5. The fourth-order valence-corrected chi connectivity index (χ4v) is 1.61. The lowest BCUT2D eigenvalue weighted by Gasteiger charge is -1.98. The summed E-state index contributed by atoms with van der Waals surface area (Å²) in [5, 5.41) is 8.47. The van der Waals surface area contributed by atoms with Gasteiger partial charge in [0.1, 0.15) is 0 Å². The maximum absolute atomic E-state index is 8.47. The van der Waals surface area contributed by atoms with Crippen LogP contribution in [0.25, 0.3) is 0 Å². The zero-order valence-electron chi connectivity index (χ0n) is 7.09. The second-order valence-corrected chi connectivity index (χ2v) is 3.76. The van der Waals surface area contributed by atoms with E-state index in [-0.39, 0.29) is 0 Å². The van der Waals surface area contributed by atoms with Crippen LogP contribution in [0.3, 0.4) is 0 Å². The zero-order chi connectivity index (χ0) is 8.36. The molecule has 2 nitrogen and oxygen atoms in total. The standard InChI is InChI=1S/C8H19NOS/c9-5-3-1-2-4-7-11-8-6-10/h10H,1-9H2. The predicted octanol–water partition coefficient (Wildman–Crippen LogP) is 1.23. The van der Waals surface area contributed by atoms with Crippen molar-refractivity contribution in [3.8, 4) is 0 Å². The number of rotatable bonds is 8. The molecule has 0 saturated heterocycles. The lowest BCUT2D eigenvalue weighted by atomic mass is 10.2. The van der Waals surface area contributed by atoms with E-state index >= 15 is 0 Å². The summed E-state index contributed by atoms with van der Waals surface area (Å²) < 4.78 is 0. The molecule has 0 saturated carbocycles. The van der Waals surface area contributed by atoms with Gasteiger partial charge in [0.05, 0.1) is 6.61 Å². The first-order valence-corrected chi connectivity index (χ1v) is 5.46. The number of thioether (sulfide) groups is 1. The summed E-state index contributed by atoms with van der Waals surface area (Å²) in [4.78, 5) is 0. The average molecular weight is 177 g/mol. The highest BCUT2D eigenvalue weighted by molar-refractivity contribution is 7.99. The number of aliphatic hydroxyl groups is 1. The van der Waals surface area contributed by atoms with Crippen molar-refractivity contribution in [2.45, 2.75) is 25.7 Å². The smallest absolute Gasteiger partial charge is 0.0521 e. The maximum atomic E-state index is 8.47. The van der Waals surface area contributed by atoms with E-state index in [0.29, 0.717) is 6.61 Å². The summed E-state index contributed by atoms with van der Waals surface area (Å²) in [5.41, 5.74) is 5.35. The molecule has 0 atom stereocenters. The van der Waals surface area contributed by atoms with Crippen LogP contribution in [0.5, 0.6) is 0 Å². The summed E-state index contributed by atoms with van der Waals surface area (Å²) in [7, 11) is 0. The molecule has 0 spiro atoms. The molecule has 0 aliphatic carbocycles. The summed E-state index contributed by atoms with van der Waals surface area (Å²) >= 11 is 1.83. The minimum Gasteiger partial charge on any atom is -0.396 e. The van der Waals surface area contributed by atoms with Crippen molar-refractivity contribution in [3.05, 3.63) is 0 Å². The van der Waals surface area contributed by atoms with Crippen LogP contribution in [-0.4, -0.2) is 29.8 Å². The Balaban J connectivity index is 2.69. The summed E-state index contributed by atoms with van der Waals surface area (Å²) in [6.07, 6.45) is 4.97. The monoisotopic (exact) mass is 177 g/mol. The van der Waals surface area contributed by atoms with Gasteiger partial charge in [-0.05, 0) is 25.1 Å². The van der Waals surface area contributed by atoms with E-state index < -0.39 is 0 Å². The van der Waals surface area contributed by atoms with Crippen molar-refractivity contribution in [1.29, 1.82) is 0 Å². The topological polar surface area (TPSA) is 46.2 Å². The van der Waals surface area contributed by atoms with Crippen LogP contribution >= 0.6 is 11.8 Å². The molecule has 0 aliphatic heterocycles. The summed E-state index contributed by atoms with van der Waals surface area (Å²) in [6.45, 7) is 1.14. The van der Waals surface area contributed by atoms with Gasteiger partial charge in [-0.2, -0.15) is 11.8 Å². The van der Waals surface area contributed by atoms with Crippen molar-refractivity contribution >= 4 is 11.8 Å². The maximum Gasteiger partial charge on any atom is 0.0521 e. The van der Waals surface area contributed by atoms with E-state index in [1.807, 2.05) is 11.8 Å². The Morgan fingerprint density at radius 1 is 1.00 bits per heavy atom. The fraction of sp³-hybridized carbons (Fsp3) is 1.00. The second-order valence-electron chi connectivity index (χ2n) is 2.54. The minimum atomic E-state index is 0.313. The normalized spacial score (nSPS) is 10.4. The molecule has 11 heavy (non-hydrogen) atoms. The molecule has 3 N–H and O–H groups in total. The average Bonchev–Trinajstić information content (AvgIpc) is 2.03. The van der Waals surface area contributed by atoms with Gasteiger partial charge in [-0.1, -0.05) is 12.8 Å². The van der Waals surface area contributed by atoms with E-state index in [2.05, 4.69) is 0 Å². The van der Waals surface area contributed by atoms with Gasteiger partial charge in [-0.3, -0.25) is 0 Å². The van der Waals surface area contributed by atoms with Gasteiger partial charge >= 0.3 is 0 Å². The van der Waals surface area contributed by atoms with Gasteiger partial charge in [-0.25, -0.2) is 0 Å². The molecule has 0 fully saturated rings. The molecule has 0 heterocycles. The van der Waals surface area contributed by atoms with Gasteiger partial charge < -0.3 is 10.8 Å². The van der Waals surface area contributed by atoms with Crippen molar-refractivity contribution in [2.24, 2.45) is 5.73 Å². The number of hydrogen-bond donors (Lipinski definition) is 2. The first kappa shape index (κ1) is 11.3. The molecule has 0 aliphatic rings. The lowest BCUT2D eigenvalue weighted by Crippen LogP contribution is -1.97. The number of unbranched alkanes of at least 4 members (excludes halogenated alkanes) is 3. The highest BCUT2D eigenvalue weighted by Gasteiger charge is 1.89. The van der Waals surface area contributed by atoms with E-state index in [4.69, 9.17) is 10.8 Å². The third-order valence-electron chi connectivity index (χ3n) is 1.48. The van der Waals surface area contributed by atoms with Crippen molar-refractivity contribution < 1.29 is 5.11 Å². The van der Waals surface area contributed by atoms with Crippen LogP contribution in [0.1, 0.15) is 25.7 Å². The predicted molar refractivity (Wildman–Crippen MR) is 51.9 cm³/mol. The molecule has 0 amide bonds. The third kappa shape index (κ3) is 10.3. The molecule has 0 rings (SSSR count). The Morgan fingerprint density at radius 2 is 1.73 bits per heavy atom. The SMILES string of the molecule is NCCCCCCSCCO. The van der Waals surface area contributed by atoms with Crippen LogP contribution in [0.15, 0.2) is 0 Å². The van der Waals surface area contributed by atoms with Gasteiger partial charge in [0.15, 0.2) is 0 Å². The van der Waals surface area contributed by atoms with Crippen molar-refractivity contribution in [2.75, 3.05) is 24.7 Å². The number of nitrogens with two attached hydrogens (primary N) is 1. The Hall–Kier alpha value is 0.270. The van der Waals surface area contributed by atoms with E-state index in [0.717, 1.165) is 18.7 Å². The van der Waals surface area contributed by atoms with Gasteiger partial charge in [0.2, 0.25) is 0 Å². The Morgan fingerprint density at radius 3 is 2.36 bits per heavy atom. The third-order valence-corrected chi connectivity index (χ3v) is 2.53. The van der Waals surface area contributed by atoms with Gasteiger partial charge in [0, 0.05) is 5.75 Å². The van der Waals surface area contributed by atoms with Crippen LogP contribution < -0.4 is 5.73 Å². The highest BCUT2D eigenvalue weighted by Crippen LogP contribution is 2.06. The summed E-state index contributed by atoms with van der Waals surface area (Å²) in [5.74, 6) is 2.07. The Bertz CT molecular complexity index is 63.1. The fourth-order valence-electron chi connectivity index (χ4n) is 0.869. The zero-order valence-corrected chi connectivity index (χ0v) is 7.91. The number of hydrogen-bond acceptors (Lipinski definition) is 3. The van der Waals surface area contributed by atoms with E-state index in [1.54, 1.807) is 0 Å². The van der Waals surface area contributed by atoms with Crippen molar-refractivity contribution in [1.82, 2.24) is 0 Å². The summed E-state index contributed by atoms with van der Waals surface area (Å²) in [6, 6.07) is 0. The first-order valence-electron chi connectivity index (χ1n) is 4.30. The first-order chi connectivity index (χ1) is 5.41. The molecule has 0 aromatic carbocycles. The Labute approximate surface area is 73.6 Å². The van der Waals surface area contributed by atoms with Crippen LogP contribution in [0, 0.1) is 0 Å². The molecule has 0 aromatic rings. The molecule has 0 aromatic heterocycles. The lowest BCUT2D eigenvalue weighted by molar-refractivity contribution is 0.322. The molecule has 0 radical (unpaired) electrons. The molecule has 68 valence electrons. The van der Waals surface area contributed by atoms with Crippen LogP contribution in [0.4, 0.5) is 0 Å². The van der Waals surface area contributed by atoms with E-state index in [1.165, 1.54) is 25.0 Å².